The van der Waals surface area contributed by atoms with Gasteiger partial charge in [-0.1, -0.05) is 18.2 Å². The Bertz CT molecular complexity index is 853. The summed E-state index contributed by atoms with van der Waals surface area (Å²) < 4.78 is 7.96. The third-order valence-electron chi connectivity index (χ3n) is 4.14. The number of carboxylic acid groups (broad SMARTS) is 1. The van der Waals surface area contributed by atoms with Crippen molar-refractivity contribution in [2.45, 2.75) is 26.4 Å². The van der Waals surface area contributed by atoms with Crippen LogP contribution in [0.3, 0.4) is 0 Å². The van der Waals surface area contributed by atoms with E-state index in [2.05, 4.69) is 16.7 Å². The van der Waals surface area contributed by atoms with Crippen molar-refractivity contribution in [2.24, 2.45) is 0 Å². The Kier molecular flexibility index (Phi) is 5.19. The fraction of sp³-hybridized carbons (Fsp3) is 0.190. The van der Waals surface area contributed by atoms with Crippen LogP contribution in [0, 0.1) is 6.92 Å². The lowest BCUT2D eigenvalue weighted by atomic mass is 10.0. The van der Waals surface area contributed by atoms with Gasteiger partial charge in [0, 0.05) is 24.5 Å². The van der Waals surface area contributed by atoms with Crippen molar-refractivity contribution >= 4 is 5.97 Å². The zero-order chi connectivity index (χ0) is 17.6. The minimum atomic E-state index is -0.776. The highest BCUT2D eigenvalue weighted by Gasteiger charge is 2.05. The summed E-state index contributed by atoms with van der Waals surface area (Å²) in [4.78, 5) is 10.7. The molecule has 0 unspecified atom stereocenters. The number of nitrogens with zero attached hydrogens (tertiary/aromatic N) is 1. The van der Waals surface area contributed by atoms with Crippen molar-refractivity contribution in [2.75, 3.05) is 0 Å². The minimum absolute atomic E-state index is 0.146. The molecule has 0 radical (unpaired) electrons. The Labute approximate surface area is 147 Å². The Morgan fingerprint density at radius 2 is 1.88 bits per heavy atom. The number of aromatic nitrogens is 1. The predicted molar refractivity (Wildman–Crippen MR) is 97.2 cm³/mol. The van der Waals surface area contributed by atoms with Gasteiger partial charge in [0.05, 0.1) is 0 Å². The number of carboxylic acids is 1. The molecule has 0 bridgehead atoms. The quantitative estimate of drug-likeness (QED) is 0.697. The molecular weight excluding hydrogens is 314 g/mol. The van der Waals surface area contributed by atoms with E-state index in [1.165, 1.54) is 0 Å². The monoisotopic (exact) mass is 335 g/mol. The van der Waals surface area contributed by atoms with Gasteiger partial charge in [-0.2, -0.15) is 0 Å². The standard InChI is InChI=1S/C21H21NO3/c1-16-13-20(9-7-18(16)8-10-21(23)24)25-15-17-5-4-6-19(14-17)22-11-2-3-12-22/h2-7,9,11-14H,8,10,15H2,1H3,(H,23,24). The first kappa shape index (κ1) is 16.8. The second-order valence-corrected chi connectivity index (χ2v) is 6.03. The molecule has 128 valence electrons. The summed E-state index contributed by atoms with van der Waals surface area (Å²) in [7, 11) is 0. The van der Waals surface area contributed by atoms with Gasteiger partial charge < -0.3 is 14.4 Å². The molecule has 0 aliphatic carbocycles. The second-order valence-electron chi connectivity index (χ2n) is 6.03. The zero-order valence-corrected chi connectivity index (χ0v) is 14.2. The number of aryl methyl sites for hydroxylation is 2. The first-order valence-corrected chi connectivity index (χ1v) is 8.28. The summed E-state index contributed by atoms with van der Waals surface area (Å²) >= 11 is 0. The highest BCUT2D eigenvalue weighted by Crippen LogP contribution is 2.20. The van der Waals surface area contributed by atoms with Crippen LogP contribution in [0.15, 0.2) is 67.0 Å². The molecule has 2 aromatic carbocycles. The van der Waals surface area contributed by atoms with E-state index in [1.807, 2.05) is 61.8 Å². The van der Waals surface area contributed by atoms with Crippen molar-refractivity contribution in [3.63, 3.8) is 0 Å². The van der Waals surface area contributed by atoms with Crippen LogP contribution in [-0.2, 0) is 17.8 Å². The van der Waals surface area contributed by atoms with Gasteiger partial charge in [0.2, 0.25) is 0 Å². The van der Waals surface area contributed by atoms with Gasteiger partial charge in [-0.25, -0.2) is 0 Å². The first-order chi connectivity index (χ1) is 12.1. The maximum Gasteiger partial charge on any atom is 0.303 e. The van der Waals surface area contributed by atoms with Crippen molar-refractivity contribution in [1.29, 1.82) is 0 Å². The molecular formula is C21H21NO3. The number of carbonyl (C=O) groups is 1. The predicted octanol–water partition coefficient (Wildman–Crippen LogP) is 4.38. The van der Waals surface area contributed by atoms with E-state index in [0.29, 0.717) is 13.0 Å². The molecule has 0 aliphatic rings. The van der Waals surface area contributed by atoms with Crippen LogP contribution < -0.4 is 4.74 Å². The number of hydrogen-bond acceptors (Lipinski definition) is 2. The van der Waals surface area contributed by atoms with Crippen LogP contribution in [0.25, 0.3) is 5.69 Å². The maximum absolute atomic E-state index is 10.7. The fourth-order valence-electron chi connectivity index (χ4n) is 2.76. The highest BCUT2D eigenvalue weighted by atomic mass is 16.5. The molecule has 0 spiro atoms. The molecule has 3 aromatic rings. The van der Waals surface area contributed by atoms with E-state index in [9.17, 15) is 4.79 Å². The molecule has 0 amide bonds. The highest BCUT2D eigenvalue weighted by molar-refractivity contribution is 5.67. The third-order valence-corrected chi connectivity index (χ3v) is 4.14. The average molecular weight is 335 g/mol. The molecule has 3 rings (SSSR count). The summed E-state index contributed by atoms with van der Waals surface area (Å²) in [6.45, 7) is 2.47. The molecule has 0 aliphatic heterocycles. The van der Waals surface area contributed by atoms with Crippen molar-refractivity contribution in [3.05, 3.63) is 83.7 Å². The molecule has 1 heterocycles. The van der Waals surface area contributed by atoms with E-state index < -0.39 is 5.97 Å². The third kappa shape index (κ3) is 4.51. The summed E-state index contributed by atoms with van der Waals surface area (Å²) in [6, 6.07) is 18.0. The van der Waals surface area contributed by atoms with Gasteiger partial charge in [-0.15, -0.1) is 0 Å². The van der Waals surface area contributed by atoms with Gasteiger partial charge in [0.25, 0.3) is 0 Å². The molecule has 0 atom stereocenters. The number of ether oxygens (including phenoxy) is 1. The molecule has 0 saturated carbocycles. The van der Waals surface area contributed by atoms with E-state index in [-0.39, 0.29) is 6.42 Å². The molecule has 0 saturated heterocycles. The Balaban J connectivity index is 1.65. The Hall–Kier alpha value is -3.01. The van der Waals surface area contributed by atoms with Gasteiger partial charge in [0.1, 0.15) is 12.4 Å². The van der Waals surface area contributed by atoms with Crippen LogP contribution in [0.4, 0.5) is 0 Å². The van der Waals surface area contributed by atoms with Crippen molar-refractivity contribution in [1.82, 2.24) is 4.57 Å². The minimum Gasteiger partial charge on any atom is -0.489 e. The maximum atomic E-state index is 10.7. The van der Waals surface area contributed by atoms with Gasteiger partial charge in [0.15, 0.2) is 0 Å². The first-order valence-electron chi connectivity index (χ1n) is 8.28. The molecule has 0 fully saturated rings. The lowest BCUT2D eigenvalue weighted by molar-refractivity contribution is -0.136. The van der Waals surface area contributed by atoms with Crippen molar-refractivity contribution in [3.8, 4) is 11.4 Å². The molecule has 1 aromatic heterocycles. The fourth-order valence-corrected chi connectivity index (χ4v) is 2.76. The number of hydrogen-bond donors (Lipinski definition) is 1. The summed E-state index contributed by atoms with van der Waals surface area (Å²) in [5, 5.41) is 8.80. The topological polar surface area (TPSA) is 51.5 Å². The van der Waals surface area contributed by atoms with Crippen LogP contribution in [0.5, 0.6) is 5.75 Å². The smallest absolute Gasteiger partial charge is 0.303 e. The average Bonchev–Trinajstić information content (AvgIpc) is 3.14. The number of aliphatic carboxylic acids is 1. The normalized spacial score (nSPS) is 10.6. The van der Waals surface area contributed by atoms with Gasteiger partial charge in [-0.05, 0) is 66.4 Å². The SMILES string of the molecule is Cc1cc(OCc2cccc(-n3cccc3)c2)ccc1CCC(=O)O. The largest absolute Gasteiger partial charge is 0.489 e. The lowest BCUT2D eigenvalue weighted by Gasteiger charge is -2.11. The Morgan fingerprint density at radius 3 is 2.60 bits per heavy atom. The van der Waals surface area contributed by atoms with Crippen LogP contribution >= 0.6 is 0 Å². The summed E-state index contributed by atoms with van der Waals surface area (Å²) in [6.07, 6.45) is 4.71. The Morgan fingerprint density at radius 1 is 1.08 bits per heavy atom. The number of benzene rings is 2. The van der Waals surface area contributed by atoms with Gasteiger partial charge >= 0.3 is 5.97 Å². The lowest BCUT2D eigenvalue weighted by Crippen LogP contribution is -2.00. The van der Waals surface area contributed by atoms with E-state index in [1.54, 1.807) is 0 Å². The zero-order valence-electron chi connectivity index (χ0n) is 14.2. The van der Waals surface area contributed by atoms with E-state index in [0.717, 1.165) is 28.1 Å². The molecule has 4 nitrogen and oxygen atoms in total. The number of rotatable bonds is 7. The van der Waals surface area contributed by atoms with Crippen LogP contribution in [0.1, 0.15) is 23.1 Å². The molecule has 25 heavy (non-hydrogen) atoms. The second kappa shape index (κ2) is 7.71. The van der Waals surface area contributed by atoms with Crippen molar-refractivity contribution < 1.29 is 14.6 Å². The molecule has 4 heteroatoms. The summed E-state index contributed by atoms with van der Waals surface area (Å²) in [5.41, 5.74) is 4.30. The summed E-state index contributed by atoms with van der Waals surface area (Å²) in [5.74, 6) is 0.0187. The van der Waals surface area contributed by atoms with Crippen LogP contribution in [-0.4, -0.2) is 15.6 Å². The van der Waals surface area contributed by atoms with E-state index >= 15 is 0 Å². The van der Waals surface area contributed by atoms with E-state index in [4.69, 9.17) is 9.84 Å². The van der Waals surface area contributed by atoms with Gasteiger partial charge in [-0.3, -0.25) is 4.79 Å². The molecule has 1 N–H and O–H groups in total. The van der Waals surface area contributed by atoms with Crippen LogP contribution in [0.2, 0.25) is 0 Å².